The maximum Gasteiger partial charge on any atom is 0.328 e. The summed E-state index contributed by atoms with van der Waals surface area (Å²) >= 11 is 0. The van der Waals surface area contributed by atoms with E-state index in [-0.39, 0.29) is 41.0 Å². The van der Waals surface area contributed by atoms with Crippen LogP contribution in [0.3, 0.4) is 0 Å². The smallest absolute Gasteiger partial charge is 0.328 e. The van der Waals surface area contributed by atoms with Gasteiger partial charge in [-0.05, 0) is 136 Å². The number of aromatic nitrogens is 2. The average Bonchev–Trinajstić information content (AvgIpc) is 4.36. The first kappa shape index (κ1) is 55.8. The minimum atomic E-state index is -4.17. The molecule has 2 amide bonds. The summed E-state index contributed by atoms with van der Waals surface area (Å²) in [6.45, 7) is 9.67. The molecule has 19 heteroatoms. The second-order valence-corrected chi connectivity index (χ2v) is 23.4. The Balaban J connectivity index is 0.000000194. The van der Waals surface area contributed by atoms with Crippen LogP contribution in [0.25, 0.3) is 34.0 Å². The maximum atomic E-state index is 13.9. The lowest BCUT2D eigenvalue weighted by molar-refractivity contribution is -0.131. The van der Waals surface area contributed by atoms with Crippen LogP contribution >= 0.6 is 0 Å². The average molecular weight is 1120 g/mol. The molecule has 2 aliphatic rings. The highest BCUT2D eigenvalue weighted by Gasteiger charge is 2.34. The fourth-order valence-corrected chi connectivity index (χ4v) is 11.6. The van der Waals surface area contributed by atoms with Gasteiger partial charge in [0.2, 0.25) is 25.4 Å². The van der Waals surface area contributed by atoms with Crippen LogP contribution in [-0.2, 0) is 53.3 Å². The number of allylic oxidation sites excluding steroid dienone is 1. The molecular weight excluding hydrogens is 1060 g/mol. The van der Waals surface area contributed by atoms with Gasteiger partial charge in [0.05, 0.1) is 21.6 Å². The minimum absolute atomic E-state index is 0.00880. The van der Waals surface area contributed by atoms with Gasteiger partial charge in [0.1, 0.15) is 0 Å². The van der Waals surface area contributed by atoms with Crippen molar-refractivity contribution in [2.45, 2.75) is 68.1 Å². The molecule has 3 N–H and O–H groups in total. The number of carbonyl (C=O) groups excluding carboxylic acids is 3. The van der Waals surface area contributed by atoms with Gasteiger partial charge in [0.15, 0.2) is 28.8 Å². The van der Waals surface area contributed by atoms with Crippen molar-refractivity contribution in [2.24, 2.45) is 14.1 Å². The van der Waals surface area contributed by atoms with Crippen molar-refractivity contribution in [3.8, 4) is 23.0 Å². The predicted octanol–water partition coefficient (Wildman–Crippen LogP) is 10.0. The van der Waals surface area contributed by atoms with Crippen LogP contribution in [0.2, 0.25) is 0 Å². The Morgan fingerprint density at radius 1 is 0.512 bits per heavy atom. The van der Waals surface area contributed by atoms with Gasteiger partial charge in [-0.3, -0.25) is 14.4 Å². The first-order chi connectivity index (χ1) is 38.1. The quantitative estimate of drug-likeness (QED) is 0.0766. The molecule has 4 heterocycles. The summed E-state index contributed by atoms with van der Waals surface area (Å²) in [5.74, 6) is -2.02. The third-order valence-electron chi connectivity index (χ3n) is 13.8. The van der Waals surface area contributed by atoms with Crippen LogP contribution < -0.4 is 28.4 Å². The summed E-state index contributed by atoms with van der Waals surface area (Å²) in [5.41, 5.74) is 7.32. The van der Waals surface area contributed by atoms with Crippen LogP contribution in [0.15, 0.2) is 156 Å². The number of rotatable bonds is 16. The summed E-state index contributed by atoms with van der Waals surface area (Å²) in [5, 5.41) is 10.5. The highest BCUT2D eigenvalue weighted by molar-refractivity contribution is 7.90. The molecule has 8 aromatic rings. The standard InChI is InChI=1S/C31H30N2O6S.C30H28N2O7S/c1-19(2)22-8-11-24(12-9-22)40(36,37)32-31(35)30(23-10-14-28-29(16-23)39-18-38-28)26-17-33(4)27-15-21(6-5-20(3)34)7-13-25(26)27;1-18(2)20-6-9-22(10-7-20)40(36,37)31-30(35)29(21-8-12-26-27(15-21)39-17-38-26)24-16-32(3)25-14-19(4-11-23(24)25)5-13-28(33)34/h5-17,19,30H,18H2,1-4H3,(H,32,35);4-16,18,29H,17H2,1-3H3,(H,31,35)(H,33,34)/b6-5+;13-5+. The number of fused-ring (bicyclic) bond motifs is 4. The number of ketones is 1. The summed E-state index contributed by atoms with van der Waals surface area (Å²) in [6.07, 6.45) is 9.34. The molecule has 2 atom stereocenters. The van der Waals surface area contributed by atoms with Crippen LogP contribution in [0.4, 0.5) is 0 Å². The van der Waals surface area contributed by atoms with Crippen molar-refractivity contribution in [1.29, 1.82) is 0 Å². The number of carbonyl (C=O) groups is 4. The van der Waals surface area contributed by atoms with Gasteiger partial charge in [-0.1, -0.05) is 94.4 Å². The van der Waals surface area contributed by atoms with Gasteiger partial charge in [0.25, 0.3) is 20.0 Å². The minimum Gasteiger partial charge on any atom is -0.478 e. The first-order valence-corrected chi connectivity index (χ1v) is 28.4. The lowest BCUT2D eigenvalue weighted by Gasteiger charge is -2.18. The zero-order valence-electron chi connectivity index (χ0n) is 44.8. The predicted molar refractivity (Wildman–Crippen MR) is 303 cm³/mol. The van der Waals surface area contributed by atoms with E-state index in [0.717, 1.165) is 39.2 Å². The molecule has 2 unspecified atom stereocenters. The Morgan fingerprint density at radius 2 is 0.887 bits per heavy atom. The number of nitrogens with zero attached hydrogens (tertiary/aromatic N) is 2. The maximum absolute atomic E-state index is 13.9. The molecule has 0 bridgehead atoms. The van der Waals surface area contributed by atoms with Crippen LogP contribution in [-0.4, -0.2) is 68.2 Å². The van der Waals surface area contributed by atoms with E-state index < -0.39 is 49.7 Å². The molecule has 2 aliphatic heterocycles. The molecule has 0 saturated heterocycles. The highest BCUT2D eigenvalue weighted by Crippen LogP contribution is 2.41. The van der Waals surface area contributed by atoms with E-state index in [9.17, 15) is 36.0 Å². The molecule has 0 spiro atoms. The van der Waals surface area contributed by atoms with E-state index in [2.05, 4.69) is 9.44 Å². The van der Waals surface area contributed by atoms with E-state index in [0.29, 0.717) is 56.2 Å². The van der Waals surface area contributed by atoms with Gasteiger partial charge in [-0.25, -0.2) is 31.1 Å². The second kappa shape index (κ2) is 22.8. The zero-order chi connectivity index (χ0) is 57.2. The summed E-state index contributed by atoms with van der Waals surface area (Å²) in [7, 11) is -4.66. The molecule has 0 aliphatic carbocycles. The fourth-order valence-electron chi connectivity index (χ4n) is 9.61. The van der Waals surface area contributed by atoms with E-state index >= 15 is 0 Å². The monoisotopic (exact) mass is 1120 g/mol. The van der Waals surface area contributed by atoms with Crippen molar-refractivity contribution in [1.82, 2.24) is 18.6 Å². The third-order valence-corrected chi connectivity index (χ3v) is 16.5. The van der Waals surface area contributed by atoms with E-state index in [1.807, 2.05) is 68.3 Å². The lowest BCUT2D eigenvalue weighted by Crippen LogP contribution is -2.35. The van der Waals surface area contributed by atoms with Crippen molar-refractivity contribution in [3.05, 3.63) is 190 Å². The molecule has 2 aromatic heterocycles. The summed E-state index contributed by atoms with van der Waals surface area (Å²) < 4.78 is 83.4. The molecule has 0 radical (unpaired) electrons. The third kappa shape index (κ3) is 12.0. The molecular formula is C61H58N4O13S2. The number of carboxylic acid groups (broad SMARTS) is 1. The number of nitrogens with one attached hydrogen (secondary N) is 2. The van der Waals surface area contributed by atoms with Crippen LogP contribution in [0.1, 0.15) is 103 Å². The number of aryl methyl sites for hydroxylation is 2. The lowest BCUT2D eigenvalue weighted by atomic mass is 9.90. The number of carboxylic acids is 1. The molecule has 412 valence electrons. The number of aliphatic carboxylic acids is 1. The Morgan fingerprint density at radius 3 is 1.26 bits per heavy atom. The van der Waals surface area contributed by atoms with Crippen molar-refractivity contribution in [3.63, 3.8) is 0 Å². The molecule has 6 aromatic carbocycles. The van der Waals surface area contributed by atoms with Crippen LogP contribution in [0.5, 0.6) is 23.0 Å². The number of ether oxygens (including phenoxy) is 4. The van der Waals surface area contributed by atoms with Gasteiger partial charge in [-0.2, -0.15) is 0 Å². The van der Waals surface area contributed by atoms with Crippen molar-refractivity contribution in [2.75, 3.05) is 13.6 Å². The molecule has 0 fully saturated rings. The van der Waals surface area contributed by atoms with E-state index in [1.54, 1.807) is 98.2 Å². The number of amides is 2. The Hall–Kier alpha value is -8.94. The first-order valence-electron chi connectivity index (χ1n) is 25.5. The fraction of sp³-hybridized carbons (Fsp3) is 0.213. The van der Waals surface area contributed by atoms with E-state index in [1.165, 1.54) is 43.3 Å². The topological polar surface area (TPSA) is 228 Å². The van der Waals surface area contributed by atoms with Gasteiger partial charge in [-0.15, -0.1) is 0 Å². The van der Waals surface area contributed by atoms with Crippen molar-refractivity contribution >= 4 is 77.6 Å². The number of sulfonamides is 2. The summed E-state index contributed by atoms with van der Waals surface area (Å²) in [4.78, 5) is 50.1. The normalized spacial score (nSPS) is 13.7. The largest absolute Gasteiger partial charge is 0.478 e. The van der Waals surface area contributed by atoms with Gasteiger partial charge < -0.3 is 33.2 Å². The highest BCUT2D eigenvalue weighted by atomic mass is 32.2. The number of hydrogen-bond acceptors (Lipinski definition) is 12. The Kier molecular flexibility index (Phi) is 15.9. The molecule has 17 nitrogen and oxygen atoms in total. The van der Waals surface area contributed by atoms with Gasteiger partial charge >= 0.3 is 5.97 Å². The van der Waals surface area contributed by atoms with E-state index in [4.69, 9.17) is 24.1 Å². The Bertz CT molecular complexity index is 3760. The SMILES string of the molecule is CC(=O)/C=C/c1ccc2c(C(C(=O)NS(=O)(=O)c3ccc(C(C)C)cc3)c3ccc4c(c3)OCO4)cn(C)c2c1.CC(C)c1ccc(S(=O)(=O)NC(=O)C(c2ccc3c(c2)OCO3)c2cn(C)c3cc(/C=C/C(=O)O)ccc23)cc1. The molecule has 80 heavy (non-hydrogen) atoms. The summed E-state index contributed by atoms with van der Waals surface area (Å²) in [6, 6.07) is 34.2. The van der Waals surface area contributed by atoms with Gasteiger partial charge in [0, 0.05) is 54.4 Å². The molecule has 10 rings (SSSR count). The Labute approximate surface area is 463 Å². The zero-order valence-corrected chi connectivity index (χ0v) is 46.4. The van der Waals surface area contributed by atoms with Crippen molar-refractivity contribution < 1.29 is 60.1 Å². The number of hydrogen-bond donors (Lipinski definition) is 3. The second-order valence-electron chi connectivity index (χ2n) is 20.0. The van der Waals surface area contributed by atoms with Crippen LogP contribution in [0, 0.1) is 0 Å². The molecule has 0 saturated carbocycles. The number of benzene rings is 6.